The lowest BCUT2D eigenvalue weighted by Crippen LogP contribution is -2.37. The molecule has 2 N–H and O–H groups in total. The summed E-state index contributed by atoms with van der Waals surface area (Å²) in [5, 5.41) is 6.31. The molecular formula is C21H23N3O5. The molecule has 8 nitrogen and oxygen atoms in total. The van der Waals surface area contributed by atoms with Crippen molar-refractivity contribution in [1.29, 1.82) is 0 Å². The second-order valence-electron chi connectivity index (χ2n) is 5.74. The van der Waals surface area contributed by atoms with Gasteiger partial charge in [-0.2, -0.15) is 5.10 Å². The molecule has 2 aromatic carbocycles. The number of methoxy groups -OCH3 is 2. The maximum absolute atomic E-state index is 11.9. The van der Waals surface area contributed by atoms with Crippen molar-refractivity contribution >= 4 is 18.0 Å². The van der Waals surface area contributed by atoms with Crippen molar-refractivity contribution in [3.05, 3.63) is 66.2 Å². The fourth-order valence-corrected chi connectivity index (χ4v) is 2.25. The van der Waals surface area contributed by atoms with Gasteiger partial charge in [-0.25, -0.2) is 5.43 Å². The van der Waals surface area contributed by atoms with E-state index < -0.39 is 11.8 Å². The SMILES string of the molecule is C=CCOc1ccc(/C=N\NC(=O)C(=O)NCc2ccc(OC)cc2)cc1OC. The van der Waals surface area contributed by atoms with E-state index in [0.29, 0.717) is 29.4 Å². The molecule has 0 saturated carbocycles. The summed E-state index contributed by atoms with van der Waals surface area (Å²) in [6, 6.07) is 12.3. The van der Waals surface area contributed by atoms with E-state index in [1.54, 1.807) is 55.7 Å². The van der Waals surface area contributed by atoms with Gasteiger partial charge in [-0.15, -0.1) is 0 Å². The molecular weight excluding hydrogens is 374 g/mol. The minimum Gasteiger partial charge on any atom is -0.497 e. The van der Waals surface area contributed by atoms with E-state index in [9.17, 15) is 9.59 Å². The fraction of sp³-hybridized carbons (Fsp3) is 0.190. The van der Waals surface area contributed by atoms with Crippen LogP contribution < -0.4 is 25.0 Å². The van der Waals surface area contributed by atoms with Crippen LogP contribution in [0.5, 0.6) is 17.2 Å². The fourth-order valence-electron chi connectivity index (χ4n) is 2.25. The van der Waals surface area contributed by atoms with Crippen molar-refractivity contribution in [2.75, 3.05) is 20.8 Å². The van der Waals surface area contributed by atoms with Crippen LogP contribution in [0.25, 0.3) is 0 Å². The summed E-state index contributed by atoms with van der Waals surface area (Å²) in [5.74, 6) is 0.131. The van der Waals surface area contributed by atoms with Crippen LogP contribution in [0, 0.1) is 0 Å². The zero-order valence-electron chi connectivity index (χ0n) is 16.3. The molecule has 152 valence electrons. The summed E-state index contributed by atoms with van der Waals surface area (Å²) >= 11 is 0. The maximum Gasteiger partial charge on any atom is 0.329 e. The van der Waals surface area contributed by atoms with Gasteiger partial charge in [0, 0.05) is 6.54 Å². The van der Waals surface area contributed by atoms with Crippen LogP contribution in [0.3, 0.4) is 0 Å². The Morgan fingerprint density at radius 2 is 1.79 bits per heavy atom. The molecule has 0 heterocycles. The zero-order chi connectivity index (χ0) is 21.1. The number of ether oxygens (including phenoxy) is 3. The van der Waals surface area contributed by atoms with Crippen molar-refractivity contribution in [3.63, 3.8) is 0 Å². The molecule has 0 radical (unpaired) electrons. The first-order valence-corrected chi connectivity index (χ1v) is 8.73. The zero-order valence-corrected chi connectivity index (χ0v) is 16.3. The highest BCUT2D eigenvalue weighted by Gasteiger charge is 2.12. The Morgan fingerprint density at radius 1 is 1.03 bits per heavy atom. The third-order valence-electron chi connectivity index (χ3n) is 3.74. The lowest BCUT2D eigenvalue weighted by atomic mass is 10.2. The average Bonchev–Trinajstić information content (AvgIpc) is 2.76. The van der Waals surface area contributed by atoms with Gasteiger partial charge in [0.25, 0.3) is 0 Å². The molecule has 0 unspecified atom stereocenters. The van der Waals surface area contributed by atoms with Crippen molar-refractivity contribution in [1.82, 2.24) is 10.7 Å². The quantitative estimate of drug-likeness (QED) is 0.292. The Kier molecular flexibility index (Phi) is 8.25. The molecule has 8 heteroatoms. The lowest BCUT2D eigenvalue weighted by molar-refractivity contribution is -0.139. The lowest BCUT2D eigenvalue weighted by Gasteiger charge is -2.09. The number of hydrogen-bond donors (Lipinski definition) is 2. The number of benzene rings is 2. The van der Waals surface area contributed by atoms with Crippen LogP contribution in [0.2, 0.25) is 0 Å². The Labute approximate surface area is 169 Å². The molecule has 0 saturated heterocycles. The predicted octanol–water partition coefficient (Wildman–Crippen LogP) is 2.04. The molecule has 0 aliphatic carbocycles. The van der Waals surface area contributed by atoms with E-state index in [2.05, 4.69) is 22.4 Å². The van der Waals surface area contributed by atoms with Gasteiger partial charge in [0.1, 0.15) is 12.4 Å². The van der Waals surface area contributed by atoms with E-state index in [4.69, 9.17) is 14.2 Å². The highest BCUT2D eigenvalue weighted by molar-refractivity contribution is 6.35. The van der Waals surface area contributed by atoms with Gasteiger partial charge in [-0.3, -0.25) is 9.59 Å². The first-order chi connectivity index (χ1) is 14.1. The molecule has 29 heavy (non-hydrogen) atoms. The number of hydrazone groups is 1. The van der Waals surface area contributed by atoms with Gasteiger partial charge in [0.2, 0.25) is 0 Å². The first kappa shape index (κ1) is 21.5. The van der Waals surface area contributed by atoms with Crippen molar-refractivity contribution in [3.8, 4) is 17.2 Å². The Balaban J connectivity index is 1.85. The monoisotopic (exact) mass is 397 g/mol. The summed E-state index contributed by atoms with van der Waals surface area (Å²) in [6.45, 7) is 4.16. The summed E-state index contributed by atoms with van der Waals surface area (Å²) in [5.41, 5.74) is 3.68. The van der Waals surface area contributed by atoms with Crippen molar-refractivity contribution < 1.29 is 23.8 Å². The van der Waals surface area contributed by atoms with E-state index in [1.165, 1.54) is 13.3 Å². The Hall–Kier alpha value is -3.81. The molecule has 2 aromatic rings. The standard InChI is InChI=1S/C21H23N3O5/c1-4-11-29-18-10-7-16(12-19(18)28-3)14-23-24-21(26)20(25)22-13-15-5-8-17(27-2)9-6-15/h4-10,12,14H,1,11,13H2,2-3H3,(H,22,25)(H,24,26)/b23-14-. The van der Waals surface area contributed by atoms with Crippen molar-refractivity contribution in [2.24, 2.45) is 5.10 Å². The third-order valence-corrected chi connectivity index (χ3v) is 3.74. The molecule has 0 fully saturated rings. The Bertz CT molecular complexity index is 878. The van der Waals surface area contributed by atoms with E-state index in [0.717, 1.165) is 5.56 Å². The van der Waals surface area contributed by atoms with Gasteiger partial charge in [-0.05, 0) is 41.5 Å². The molecule has 2 amide bonds. The highest BCUT2D eigenvalue weighted by atomic mass is 16.5. The molecule has 0 bridgehead atoms. The number of nitrogens with one attached hydrogen (secondary N) is 2. The van der Waals surface area contributed by atoms with Gasteiger partial charge in [-0.1, -0.05) is 24.8 Å². The first-order valence-electron chi connectivity index (χ1n) is 8.73. The van der Waals surface area contributed by atoms with Crippen LogP contribution >= 0.6 is 0 Å². The smallest absolute Gasteiger partial charge is 0.329 e. The predicted molar refractivity (Wildman–Crippen MR) is 109 cm³/mol. The molecule has 0 spiro atoms. The van der Waals surface area contributed by atoms with E-state index in [-0.39, 0.29) is 6.54 Å². The molecule has 0 aliphatic heterocycles. The van der Waals surface area contributed by atoms with Gasteiger partial charge in [0.05, 0.1) is 20.4 Å². The third kappa shape index (κ3) is 6.69. The van der Waals surface area contributed by atoms with E-state index in [1.807, 2.05) is 0 Å². The number of nitrogens with zero attached hydrogens (tertiary/aromatic N) is 1. The van der Waals surface area contributed by atoms with Crippen LogP contribution in [0.1, 0.15) is 11.1 Å². The summed E-state index contributed by atoms with van der Waals surface area (Å²) in [6.07, 6.45) is 3.03. The topological polar surface area (TPSA) is 98.2 Å². The summed E-state index contributed by atoms with van der Waals surface area (Å²) in [7, 11) is 3.09. The second kappa shape index (κ2) is 11.1. The number of carbonyl (C=O) groups is 2. The van der Waals surface area contributed by atoms with Crippen LogP contribution in [0.15, 0.2) is 60.2 Å². The number of rotatable bonds is 9. The minimum absolute atomic E-state index is 0.212. The normalized spacial score (nSPS) is 10.3. The van der Waals surface area contributed by atoms with Gasteiger partial charge < -0.3 is 19.5 Å². The second-order valence-corrected chi connectivity index (χ2v) is 5.74. The van der Waals surface area contributed by atoms with Crippen LogP contribution in [-0.2, 0) is 16.1 Å². The molecule has 0 atom stereocenters. The van der Waals surface area contributed by atoms with Gasteiger partial charge in [0.15, 0.2) is 11.5 Å². The highest BCUT2D eigenvalue weighted by Crippen LogP contribution is 2.27. The molecule has 0 aliphatic rings. The summed E-state index contributed by atoms with van der Waals surface area (Å²) < 4.78 is 15.8. The molecule has 2 rings (SSSR count). The minimum atomic E-state index is -0.868. The van der Waals surface area contributed by atoms with Crippen molar-refractivity contribution in [2.45, 2.75) is 6.54 Å². The maximum atomic E-state index is 11.9. The van der Waals surface area contributed by atoms with Crippen LogP contribution in [0.4, 0.5) is 0 Å². The summed E-state index contributed by atoms with van der Waals surface area (Å²) in [4.78, 5) is 23.7. The molecule has 0 aromatic heterocycles. The van der Waals surface area contributed by atoms with Crippen LogP contribution in [-0.4, -0.2) is 38.9 Å². The Morgan fingerprint density at radius 3 is 2.45 bits per heavy atom. The largest absolute Gasteiger partial charge is 0.497 e. The van der Waals surface area contributed by atoms with E-state index >= 15 is 0 Å². The number of carbonyl (C=O) groups excluding carboxylic acids is 2. The number of hydrogen-bond acceptors (Lipinski definition) is 6. The van der Waals surface area contributed by atoms with Gasteiger partial charge >= 0.3 is 11.8 Å². The number of amides is 2. The average molecular weight is 397 g/mol.